The van der Waals surface area contributed by atoms with E-state index < -0.39 is 0 Å². The van der Waals surface area contributed by atoms with Crippen molar-refractivity contribution in [1.29, 1.82) is 0 Å². The summed E-state index contributed by atoms with van der Waals surface area (Å²) in [5.74, 6) is -0.359. The Bertz CT molecular complexity index is 252. The zero-order valence-corrected chi connectivity index (χ0v) is 10.0. The van der Waals surface area contributed by atoms with Crippen molar-refractivity contribution < 1.29 is 9.53 Å². The first kappa shape index (κ1) is 12.4. The van der Waals surface area contributed by atoms with Gasteiger partial charge in [-0.1, -0.05) is 12.2 Å². The van der Waals surface area contributed by atoms with E-state index in [0.717, 1.165) is 26.1 Å². The molecule has 0 aromatic heterocycles. The Hall–Kier alpha value is -0.680. The number of nitrogens with zero attached hydrogens (tertiary/aromatic N) is 1. The van der Waals surface area contributed by atoms with Crippen LogP contribution >= 0.6 is 12.2 Å². The topological polar surface area (TPSA) is 55.6 Å². The zero-order chi connectivity index (χ0) is 11.4. The second-order valence-electron chi connectivity index (χ2n) is 3.92. The highest BCUT2D eigenvalue weighted by Crippen LogP contribution is 2.15. The first-order valence-corrected chi connectivity index (χ1v) is 5.58. The largest absolute Gasteiger partial charge is 0.393 e. The molecule has 0 saturated carbocycles. The molecule has 1 rings (SSSR count). The summed E-state index contributed by atoms with van der Waals surface area (Å²) in [5, 5.41) is 0. The van der Waals surface area contributed by atoms with Gasteiger partial charge in [-0.3, -0.25) is 4.79 Å². The minimum absolute atomic E-state index is 0.00870. The molecule has 0 aliphatic carbocycles. The summed E-state index contributed by atoms with van der Waals surface area (Å²) in [4.78, 5) is 13.9. The Morgan fingerprint density at radius 3 is 2.53 bits per heavy atom. The van der Waals surface area contributed by atoms with Crippen LogP contribution in [0.5, 0.6) is 0 Å². The zero-order valence-electron chi connectivity index (χ0n) is 9.23. The Balaban J connectivity index is 2.54. The summed E-state index contributed by atoms with van der Waals surface area (Å²) in [6, 6.07) is 0.267. The van der Waals surface area contributed by atoms with Gasteiger partial charge in [0.25, 0.3) is 0 Å². The summed E-state index contributed by atoms with van der Waals surface area (Å²) in [6.45, 7) is 3.20. The molecule has 0 aromatic carbocycles. The lowest BCUT2D eigenvalue weighted by atomic mass is 10.0. The van der Waals surface area contributed by atoms with E-state index in [0.29, 0.717) is 0 Å². The van der Waals surface area contributed by atoms with Gasteiger partial charge in [-0.2, -0.15) is 0 Å². The summed E-state index contributed by atoms with van der Waals surface area (Å²) >= 11 is 4.82. The lowest BCUT2D eigenvalue weighted by molar-refractivity contribution is -0.135. The molecule has 1 atom stereocenters. The van der Waals surface area contributed by atoms with Crippen molar-refractivity contribution in [3.63, 3.8) is 0 Å². The third kappa shape index (κ3) is 3.14. The van der Waals surface area contributed by atoms with Crippen molar-refractivity contribution in [3.8, 4) is 0 Å². The van der Waals surface area contributed by atoms with Gasteiger partial charge in [0.2, 0.25) is 5.91 Å². The molecular weight excluding hydrogens is 212 g/mol. The molecule has 1 fully saturated rings. The number of amides is 1. The Labute approximate surface area is 95.8 Å². The molecule has 1 saturated heterocycles. The molecule has 1 unspecified atom stereocenters. The van der Waals surface area contributed by atoms with Crippen molar-refractivity contribution in [2.45, 2.75) is 25.8 Å². The molecule has 1 aliphatic heterocycles. The Morgan fingerprint density at radius 1 is 1.53 bits per heavy atom. The number of carbonyl (C=O) groups is 1. The highest BCUT2D eigenvalue weighted by Gasteiger charge is 2.26. The lowest BCUT2D eigenvalue weighted by Crippen LogP contribution is -2.45. The second-order valence-corrected chi connectivity index (χ2v) is 4.39. The van der Waals surface area contributed by atoms with Gasteiger partial charge < -0.3 is 15.4 Å². The number of nitrogens with two attached hydrogens (primary N) is 1. The van der Waals surface area contributed by atoms with E-state index >= 15 is 0 Å². The molecule has 1 aliphatic rings. The molecular formula is C10H18N2O2S. The molecule has 5 heteroatoms. The first-order chi connectivity index (χ1) is 7.04. The average molecular weight is 230 g/mol. The first-order valence-electron chi connectivity index (χ1n) is 5.17. The van der Waals surface area contributed by atoms with Gasteiger partial charge in [-0.15, -0.1) is 0 Å². The molecule has 15 heavy (non-hydrogen) atoms. The van der Waals surface area contributed by atoms with Gasteiger partial charge in [0.05, 0.1) is 10.9 Å². The fourth-order valence-corrected chi connectivity index (χ4v) is 1.78. The minimum atomic E-state index is -0.368. The smallest absolute Gasteiger partial charge is 0.232 e. The van der Waals surface area contributed by atoms with Crippen LogP contribution in [-0.2, 0) is 9.53 Å². The van der Waals surface area contributed by atoms with Crippen LogP contribution < -0.4 is 5.73 Å². The van der Waals surface area contributed by atoms with Gasteiger partial charge in [-0.25, -0.2) is 0 Å². The van der Waals surface area contributed by atoms with Gasteiger partial charge in [0.1, 0.15) is 0 Å². The van der Waals surface area contributed by atoms with Crippen LogP contribution in [0.3, 0.4) is 0 Å². The summed E-state index contributed by atoms with van der Waals surface area (Å²) in [7, 11) is 1.81. The molecule has 0 radical (unpaired) electrons. The van der Waals surface area contributed by atoms with Crippen molar-refractivity contribution in [2.24, 2.45) is 11.7 Å². The van der Waals surface area contributed by atoms with E-state index in [1.807, 2.05) is 7.05 Å². The van der Waals surface area contributed by atoms with Crippen LogP contribution in [0, 0.1) is 5.92 Å². The van der Waals surface area contributed by atoms with Gasteiger partial charge in [0.15, 0.2) is 0 Å². The third-order valence-corrected chi connectivity index (χ3v) is 3.24. The highest BCUT2D eigenvalue weighted by molar-refractivity contribution is 7.80. The second kappa shape index (κ2) is 5.42. The monoisotopic (exact) mass is 230 g/mol. The van der Waals surface area contributed by atoms with Crippen LogP contribution in [0.4, 0.5) is 0 Å². The van der Waals surface area contributed by atoms with E-state index in [1.165, 1.54) is 0 Å². The average Bonchev–Trinajstić information content (AvgIpc) is 2.27. The van der Waals surface area contributed by atoms with E-state index in [4.69, 9.17) is 22.7 Å². The van der Waals surface area contributed by atoms with Crippen molar-refractivity contribution in [2.75, 3.05) is 20.3 Å². The predicted octanol–water partition coefficient (Wildman–Crippen LogP) is 0.546. The van der Waals surface area contributed by atoms with Gasteiger partial charge in [-0.05, 0) is 19.8 Å². The fourth-order valence-electron chi connectivity index (χ4n) is 1.68. The molecule has 1 heterocycles. The SMILES string of the molecule is CC(C(=O)N(C)C1CCOCC1)C(N)=S. The molecule has 86 valence electrons. The minimum Gasteiger partial charge on any atom is -0.393 e. The van der Waals surface area contributed by atoms with Gasteiger partial charge in [0, 0.05) is 26.3 Å². The number of carbonyl (C=O) groups excluding carboxylic acids is 1. The molecule has 0 spiro atoms. The summed E-state index contributed by atoms with van der Waals surface area (Å²) < 4.78 is 5.25. The van der Waals surface area contributed by atoms with E-state index in [1.54, 1.807) is 11.8 Å². The van der Waals surface area contributed by atoms with E-state index in [2.05, 4.69) is 0 Å². The Morgan fingerprint density at radius 2 is 2.07 bits per heavy atom. The third-order valence-electron chi connectivity index (χ3n) is 2.88. The molecule has 0 aromatic rings. The van der Waals surface area contributed by atoms with Crippen LogP contribution in [0.1, 0.15) is 19.8 Å². The van der Waals surface area contributed by atoms with Crippen molar-refractivity contribution >= 4 is 23.1 Å². The van der Waals surface area contributed by atoms with Crippen LogP contribution in [0.2, 0.25) is 0 Å². The number of ether oxygens (including phenoxy) is 1. The summed E-state index contributed by atoms with van der Waals surface area (Å²) in [5.41, 5.74) is 5.46. The standard InChI is InChI=1S/C10H18N2O2S/c1-7(9(11)15)10(13)12(2)8-3-5-14-6-4-8/h7-8H,3-6H2,1-2H3,(H2,11,15). The van der Waals surface area contributed by atoms with Crippen LogP contribution in [0.15, 0.2) is 0 Å². The lowest BCUT2D eigenvalue weighted by Gasteiger charge is -2.32. The Kier molecular flexibility index (Phi) is 4.47. The summed E-state index contributed by atoms with van der Waals surface area (Å²) in [6.07, 6.45) is 1.79. The maximum Gasteiger partial charge on any atom is 0.232 e. The molecule has 2 N–H and O–H groups in total. The fraction of sp³-hybridized carbons (Fsp3) is 0.800. The highest BCUT2D eigenvalue weighted by atomic mass is 32.1. The van der Waals surface area contributed by atoms with Crippen LogP contribution in [-0.4, -0.2) is 42.1 Å². The molecule has 1 amide bonds. The molecule has 4 nitrogen and oxygen atoms in total. The number of rotatable bonds is 3. The quantitative estimate of drug-likeness (QED) is 0.719. The maximum atomic E-state index is 11.9. The van der Waals surface area contributed by atoms with Gasteiger partial charge >= 0.3 is 0 Å². The number of thiocarbonyl (C=S) groups is 1. The normalized spacial score (nSPS) is 19.6. The van der Waals surface area contributed by atoms with Crippen LogP contribution in [0.25, 0.3) is 0 Å². The van der Waals surface area contributed by atoms with Crippen molar-refractivity contribution in [1.82, 2.24) is 4.90 Å². The number of hydrogen-bond donors (Lipinski definition) is 1. The van der Waals surface area contributed by atoms with E-state index in [9.17, 15) is 4.79 Å². The maximum absolute atomic E-state index is 11.9. The predicted molar refractivity (Wildman–Crippen MR) is 62.6 cm³/mol. The van der Waals surface area contributed by atoms with E-state index in [-0.39, 0.29) is 22.9 Å². The number of hydrogen-bond acceptors (Lipinski definition) is 3. The van der Waals surface area contributed by atoms with Crippen molar-refractivity contribution in [3.05, 3.63) is 0 Å². The molecule has 0 bridgehead atoms.